The van der Waals surface area contributed by atoms with Crippen molar-refractivity contribution in [2.24, 2.45) is 0 Å². The summed E-state index contributed by atoms with van der Waals surface area (Å²) in [5, 5.41) is 4.55. The Morgan fingerprint density at radius 1 is 1.07 bits per heavy atom. The number of nitrogens with zero attached hydrogens (tertiary/aromatic N) is 2. The van der Waals surface area contributed by atoms with E-state index in [2.05, 4.69) is 10.3 Å². The van der Waals surface area contributed by atoms with Gasteiger partial charge in [-0.3, -0.25) is 0 Å². The number of hydrogen-bond donors (Lipinski definition) is 1. The number of sulfonamides is 1. The minimum Gasteiger partial charge on any atom is -0.495 e. The summed E-state index contributed by atoms with van der Waals surface area (Å²) >= 11 is 6.07. The number of aromatic nitrogens is 1. The summed E-state index contributed by atoms with van der Waals surface area (Å²) < 4.78 is 32.4. The minimum atomic E-state index is -3.44. The molecule has 0 radical (unpaired) electrons. The molecule has 1 N–H and O–H groups in total. The van der Waals surface area contributed by atoms with Gasteiger partial charge in [-0.05, 0) is 61.4 Å². The van der Waals surface area contributed by atoms with Gasteiger partial charge in [0.2, 0.25) is 10.0 Å². The lowest BCUT2D eigenvalue weighted by Crippen LogP contribution is -2.27. The molecule has 8 heteroatoms. The van der Waals surface area contributed by atoms with Gasteiger partial charge in [0.15, 0.2) is 0 Å². The number of benzene rings is 2. The smallest absolute Gasteiger partial charge is 0.243 e. The Bertz CT molecular complexity index is 1130. The Morgan fingerprint density at radius 2 is 1.86 bits per heavy atom. The molecule has 0 aliphatic carbocycles. The maximum Gasteiger partial charge on any atom is 0.243 e. The Morgan fingerprint density at radius 3 is 2.61 bits per heavy atom. The lowest BCUT2D eigenvalue weighted by atomic mass is 10.2. The first-order valence-electron chi connectivity index (χ1n) is 8.99. The third-order valence-electron chi connectivity index (χ3n) is 4.79. The maximum atomic E-state index is 12.8. The molecular formula is C20H20ClN3O3S. The summed E-state index contributed by atoms with van der Waals surface area (Å²) in [7, 11) is -1.86. The minimum absolute atomic E-state index is 0.306. The zero-order chi connectivity index (χ0) is 19.7. The highest BCUT2D eigenvalue weighted by atomic mass is 35.5. The summed E-state index contributed by atoms with van der Waals surface area (Å²) in [5.74, 6) is 1.27. The molecule has 1 aromatic heterocycles. The number of halogens is 1. The highest BCUT2D eigenvalue weighted by molar-refractivity contribution is 7.89. The molecule has 0 atom stereocenters. The van der Waals surface area contributed by atoms with E-state index in [4.69, 9.17) is 16.3 Å². The zero-order valence-corrected chi connectivity index (χ0v) is 16.9. The van der Waals surface area contributed by atoms with Gasteiger partial charge in [0.1, 0.15) is 11.6 Å². The van der Waals surface area contributed by atoms with Gasteiger partial charge in [-0.15, -0.1) is 0 Å². The van der Waals surface area contributed by atoms with Gasteiger partial charge in [0, 0.05) is 23.5 Å². The fraction of sp³-hybridized carbons (Fsp3) is 0.250. The predicted molar refractivity (Wildman–Crippen MR) is 111 cm³/mol. The summed E-state index contributed by atoms with van der Waals surface area (Å²) in [6.45, 7) is 1.17. The van der Waals surface area contributed by atoms with E-state index in [1.165, 1.54) is 0 Å². The number of ether oxygens (including phenoxy) is 1. The number of methoxy groups -OCH3 is 1. The number of nitrogens with one attached hydrogen (secondary N) is 1. The lowest BCUT2D eigenvalue weighted by molar-refractivity contribution is 0.417. The summed E-state index contributed by atoms with van der Waals surface area (Å²) in [6.07, 6.45) is 1.83. The second kappa shape index (κ2) is 7.58. The van der Waals surface area contributed by atoms with E-state index >= 15 is 0 Å². The predicted octanol–water partition coefficient (Wildman–Crippen LogP) is 4.42. The van der Waals surface area contributed by atoms with Crippen LogP contribution in [0.25, 0.3) is 10.9 Å². The van der Waals surface area contributed by atoms with Crippen molar-refractivity contribution in [3.8, 4) is 5.75 Å². The van der Waals surface area contributed by atoms with Crippen LogP contribution in [-0.4, -0.2) is 37.9 Å². The normalized spacial score (nSPS) is 15.1. The SMILES string of the molecule is COc1ccc(Cl)cc1Nc1ccc2cc(S(=O)(=O)N3CCCC3)ccc2n1. The van der Waals surface area contributed by atoms with Crippen LogP contribution in [0.15, 0.2) is 53.4 Å². The molecule has 0 bridgehead atoms. The van der Waals surface area contributed by atoms with Crippen LogP contribution in [0, 0.1) is 0 Å². The van der Waals surface area contributed by atoms with Crippen LogP contribution in [-0.2, 0) is 10.0 Å². The van der Waals surface area contributed by atoms with Gasteiger partial charge in [0.05, 0.1) is 23.2 Å². The summed E-state index contributed by atoms with van der Waals surface area (Å²) in [5.41, 5.74) is 1.40. The first kappa shape index (κ1) is 19.0. The van der Waals surface area contributed by atoms with Crippen molar-refractivity contribution in [1.82, 2.24) is 9.29 Å². The molecule has 6 nitrogen and oxygen atoms in total. The number of hydrogen-bond acceptors (Lipinski definition) is 5. The Balaban J connectivity index is 1.65. The average molecular weight is 418 g/mol. The molecule has 0 spiro atoms. The molecular weight excluding hydrogens is 398 g/mol. The van der Waals surface area contributed by atoms with Crippen LogP contribution in [0.3, 0.4) is 0 Å². The Kier molecular flexibility index (Phi) is 5.14. The number of pyridine rings is 1. The van der Waals surface area contributed by atoms with Gasteiger partial charge in [0.25, 0.3) is 0 Å². The molecule has 1 fully saturated rings. The third-order valence-corrected chi connectivity index (χ3v) is 6.92. The van der Waals surface area contributed by atoms with Gasteiger partial charge < -0.3 is 10.1 Å². The lowest BCUT2D eigenvalue weighted by Gasteiger charge is -2.16. The fourth-order valence-corrected chi connectivity index (χ4v) is 5.05. The van der Waals surface area contributed by atoms with Crippen molar-refractivity contribution >= 4 is 44.0 Å². The average Bonchev–Trinajstić information content (AvgIpc) is 3.23. The van der Waals surface area contributed by atoms with Crippen molar-refractivity contribution in [2.45, 2.75) is 17.7 Å². The molecule has 28 heavy (non-hydrogen) atoms. The van der Waals surface area contributed by atoms with Crippen molar-refractivity contribution in [2.75, 3.05) is 25.5 Å². The van der Waals surface area contributed by atoms with E-state index in [0.717, 1.165) is 18.2 Å². The van der Waals surface area contributed by atoms with E-state index in [9.17, 15) is 8.42 Å². The van der Waals surface area contributed by atoms with Gasteiger partial charge >= 0.3 is 0 Å². The second-order valence-electron chi connectivity index (χ2n) is 6.63. The van der Waals surface area contributed by atoms with Crippen LogP contribution in [0.5, 0.6) is 5.75 Å². The van der Waals surface area contributed by atoms with Crippen molar-refractivity contribution < 1.29 is 13.2 Å². The molecule has 1 saturated heterocycles. The number of fused-ring (bicyclic) bond motifs is 1. The molecule has 1 aliphatic rings. The van der Waals surface area contributed by atoms with E-state index < -0.39 is 10.0 Å². The topological polar surface area (TPSA) is 71.5 Å². The molecule has 0 unspecified atom stereocenters. The quantitative estimate of drug-likeness (QED) is 0.665. The first-order valence-corrected chi connectivity index (χ1v) is 10.8. The fourth-order valence-electron chi connectivity index (χ4n) is 3.33. The monoisotopic (exact) mass is 417 g/mol. The first-order chi connectivity index (χ1) is 13.5. The molecule has 0 amide bonds. The third kappa shape index (κ3) is 3.65. The highest BCUT2D eigenvalue weighted by Gasteiger charge is 2.27. The van der Waals surface area contributed by atoms with E-state index in [1.54, 1.807) is 53.9 Å². The number of anilines is 2. The van der Waals surface area contributed by atoms with Crippen LogP contribution in [0.2, 0.25) is 5.02 Å². The van der Waals surface area contributed by atoms with E-state index in [0.29, 0.717) is 45.8 Å². The largest absolute Gasteiger partial charge is 0.495 e. The van der Waals surface area contributed by atoms with E-state index in [-0.39, 0.29) is 0 Å². The maximum absolute atomic E-state index is 12.8. The second-order valence-corrected chi connectivity index (χ2v) is 9.01. The van der Waals surface area contributed by atoms with Crippen molar-refractivity contribution in [1.29, 1.82) is 0 Å². The van der Waals surface area contributed by atoms with Gasteiger partial charge in [-0.1, -0.05) is 11.6 Å². The van der Waals surface area contributed by atoms with Gasteiger partial charge in [-0.2, -0.15) is 4.31 Å². The Labute approximate surface area is 169 Å². The standard InChI is InChI=1S/C20H20ClN3O3S/c1-27-19-8-5-15(21)13-18(19)23-20-9-4-14-12-16(6-7-17(14)22-20)28(25,26)24-10-2-3-11-24/h4-9,12-13H,2-3,10-11H2,1H3,(H,22,23). The molecule has 1 aliphatic heterocycles. The Hall–Kier alpha value is -2.35. The molecule has 2 heterocycles. The van der Waals surface area contributed by atoms with Crippen LogP contribution in [0.4, 0.5) is 11.5 Å². The van der Waals surface area contributed by atoms with Crippen molar-refractivity contribution in [3.05, 3.63) is 53.6 Å². The number of rotatable bonds is 5. The molecule has 4 rings (SSSR count). The van der Waals surface area contributed by atoms with Crippen LogP contribution in [0.1, 0.15) is 12.8 Å². The highest BCUT2D eigenvalue weighted by Crippen LogP contribution is 2.31. The van der Waals surface area contributed by atoms with Gasteiger partial charge in [-0.25, -0.2) is 13.4 Å². The van der Waals surface area contributed by atoms with Crippen LogP contribution >= 0.6 is 11.6 Å². The van der Waals surface area contributed by atoms with E-state index in [1.807, 2.05) is 6.07 Å². The summed E-state index contributed by atoms with van der Waals surface area (Å²) in [6, 6.07) is 14.0. The molecule has 146 valence electrons. The summed E-state index contributed by atoms with van der Waals surface area (Å²) in [4.78, 5) is 4.88. The van der Waals surface area contributed by atoms with Crippen LogP contribution < -0.4 is 10.1 Å². The van der Waals surface area contributed by atoms with Crippen molar-refractivity contribution in [3.63, 3.8) is 0 Å². The molecule has 3 aromatic rings. The zero-order valence-electron chi connectivity index (χ0n) is 15.4. The molecule has 2 aromatic carbocycles. The molecule has 0 saturated carbocycles.